The standard InChI is InChI=1S/C12H10BrFN2O4/c1-12(7-3-2-6(14)4-8(7)13)10(19)16(5-9(17)18)11(20)15-12/h2-4H,5H2,1H3,(H,15,20)(H,17,18). The second-order valence-electron chi connectivity index (χ2n) is 4.46. The number of carbonyl (C=O) groups excluding carboxylic acids is 2. The number of hydrogen-bond donors (Lipinski definition) is 2. The molecule has 0 aliphatic carbocycles. The molecule has 0 spiro atoms. The number of carboxylic acids is 1. The van der Waals surface area contributed by atoms with E-state index in [9.17, 15) is 18.8 Å². The van der Waals surface area contributed by atoms with Crippen molar-refractivity contribution in [3.63, 3.8) is 0 Å². The monoisotopic (exact) mass is 344 g/mol. The molecule has 3 amide bonds. The summed E-state index contributed by atoms with van der Waals surface area (Å²) >= 11 is 3.13. The van der Waals surface area contributed by atoms with Crippen molar-refractivity contribution in [1.29, 1.82) is 0 Å². The van der Waals surface area contributed by atoms with Gasteiger partial charge in [-0.25, -0.2) is 9.18 Å². The van der Waals surface area contributed by atoms with Gasteiger partial charge in [-0.1, -0.05) is 22.0 Å². The summed E-state index contributed by atoms with van der Waals surface area (Å²) in [4.78, 5) is 35.3. The number of benzene rings is 1. The zero-order valence-electron chi connectivity index (χ0n) is 10.3. The van der Waals surface area contributed by atoms with Gasteiger partial charge in [0, 0.05) is 10.0 Å². The fraction of sp³-hybridized carbons (Fsp3) is 0.250. The minimum atomic E-state index is -1.43. The van der Waals surface area contributed by atoms with Crippen LogP contribution in [0.4, 0.5) is 9.18 Å². The van der Waals surface area contributed by atoms with Gasteiger partial charge in [0.05, 0.1) is 0 Å². The van der Waals surface area contributed by atoms with E-state index in [1.807, 2.05) is 0 Å². The number of amides is 3. The van der Waals surface area contributed by atoms with Crippen molar-refractivity contribution < 1.29 is 23.9 Å². The zero-order chi connectivity index (χ0) is 15.1. The van der Waals surface area contributed by atoms with Crippen molar-refractivity contribution in [2.75, 3.05) is 6.54 Å². The number of urea groups is 1. The number of aliphatic carboxylic acids is 1. The Morgan fingerprint density at radius 1 is 1.50 bits per heavy atom. The van der Waals surface area contributed by atoms with Crippen LogP contribution in [0.5, 0.6) is 0 Å². The lowest BCUT2D eigenvalue weighted by Crippen LogP contribution is -2.41. The van der Waals surface area contributed by atoms with E-state index in [1.165, 1.54) is 19.1 Å². The summed E-state index contributed by atoms with van der Waals surface area (Å²) in [5.74, 6) is -2.49. The summed E-state index contributed by atoms with van der Waals surface area (Å²) in [6.07, 6.45) is 0. The number of rotatable bonds is 3. The second-order valence-corrected chi connectivity index (χ2v) is 5.32. The Morgan fingerprint density at radius 2 is 2.15 bits per heavy atom. The zero-order valence-corrected chi connectivity index (χ0v) is 11.9. The lowest BCUT2D eigenvalue weighted by molar-refractivity contribution is -0.142. The highest BCUT2D eigenvalue weighted by Gasteiger charge is 2.50. The molecule has 106 valence electrons. The molecule has 0 radical (unpaired) electrons. The Morgan fingerprint density at radius 3 is 2.70 bits per heavy atom. The fourth-order valence-electron chi connectivity index (χ4n) is 2.05. The third kappa shape index (κ3) is 2.26. The molecule has 1 fully saturated rings. The molecular formula is C12H10BrFN2O4. The molecule has 1 aliphatic rings. The molecule has 2 rings (SSSR count). The Hall–Kier alpha value is -1.96. The minimum Gasteiger partial charge on any atom is -0.480 e. The first-order chi connectivity index (χ1) is 9.25. The van der Waals surface area contributed by atoms with Crippen LogP contribution in [0.2, 0.25) is 0 Å². The molecule has 1 heterocycles. The van der Waals surface area contributed by atoms with Crippen LogP contribution in [0.15, 0.2) is 22.7 Å². The van der Waals surface area contributed by atoms with Crippen LogP contribution in [0.25, 0.3) is 0 Å². The van der Waals surface area contributed by atoms with Crippen LogP contribution in [0.3, 0.4) is 0 Å². The van der Waals surface area contributed by atoms with E-state index in [0.717, 1.165) is 6.07 Å². The molecule has 8 heteroatoms. The van der Waals surface area contributed by atoms with Crippen molar-refractivity contribution >= 4 is 33.8 Å². The molecule has 0 saturated carbocycles. The molecule has 1 aliphatic heterocycles. The third-order valence-electron chi connectivity index (χ3n) is 3.04. The van der Waals surface area contributed by atoms with Crippen LogP contribution in [-0.4, -0.2) is 34.5 Å². The van der Waals surface area contributed by atoms with Gasteiger partial charge in [-0.3, -0.25) is 14.5 Å². The van der Waals surface area contributed by atoms with Crippen molar-refractivity contribution in [1.82, 2.24) is 10.2 Å². The highest BCUT2D eigenvalue weighted by molar-refractivity contribution is 9.10. The largest absolute Gasteiger partial charge is 0.480 e. The number of halogens is 2. The Labute approximate surface area is 121 Å². The maximum atomic E-state index is 13.1. The summed E-state index contributed by atoms with van der Waals surface area (Å²) in [6.45, 7) is 0.714. The SMILES string of the molecule is CC1(c2ccc(F)cc2Br)NC(=O)N(CC(=O)O)C1=O. The number of nitrogens with zero attached hydrogens (tertiary/aromatic N) is 1. The van der Waals surface area contributed by atoms with Gasteiger partial charge in [-0.05, 0) is 19.1 Å². The quantitative estimate of drug-likeness (QED) is 0.812. The normalized spacial score (nSPS) is 22.1. The van der Waals surface area contributed by atoms with E-state index in [-0.39, 0.29) is 0 Å². The topological polar surface area (TPSA) is 86.7 Å². The molecule has 1 aromatic rings. The Bertz CT molecular complexity index is 621. The number of nitrogens with one attached hydrogen (secondary N) is 1. The maximum absolute atomic E-state index is 13.1. The van der Waals surface area contributed by atoms with Crippen molar-refractivity contribution in [2.24, 2.45) is 0 Å². The summed E-state index contributed by atoms with van der Waals surface area (Å²) in [7, 11) is 0. The van der Waals surface area contributed by atoms with Gasteiger partial charge in [0.2, 0.25) is 0 Å². The fourth-order valence-corrected chi connectivity index (χ4v) is 2.80. The molecule has 0 bridgehead atoms. The van der Waals surface area contributed by atoms with Crippen LogP contribution < -0.4 is 5.32 Å². The van der Waals surface area contributed by atoms with Gasteiger partial charge in [-0.2, -0.15) is 0 Å². The average Bonchev–Trinajstić information content (AvgIpc) is 2.53. The highest BCUT2D eigenvalue weighted by Crippen LogP contribution is 2.33. The molecular weight excluding hydrogens is 335 g/mol. The molecule has 1 aromatic carbocycles. The minimum absolute atomic E-state index is 0.311. The van der Waals surface area contributed by atoms with Crippen LogP contribution in [-0.2, 0) is 15.1 Å². The average molecular weight is 345 g/mol. The summed E-state index contributed by atoms with van der Waals surface area (Å²) in [6, 6.07) is 2.89. The number of carbonyl (C=O) groups is 3. The smallest absolute Gasteiger partial charge is 0.325 e. The Kier molecular flexibility index (Phi) is 3.51. The summed E-state index contributed by atoms with van der Waals surface area (Å²) in [5, 5.41) is 11.1. The molecule has 2 N–H and O–H groups in total. The van der Waals surface area contributed by atoms with Crippen molar-refractivity contribution in [2.45, 2.75) is 12.5 Å². The van der Waals surface area contributed by atoms with E-state index >= 15 is 0 Å². The molecule has 0 aromatic heterocycles. The van der Waals surface area contributed by atoms with Crippen LogP contribution in [0.1, 0.15) is 12.5 Å². The van der Waals surface area contributed by atoms with E-state index < -0.39 is 35.8 Å². The summed E-state index contributed by atoms with van der Waals surface area (Å²) < 4.78 is 13.4. The van der Waals surface area contributed by atoms with Crippen molar-refractivity contribution in [3.05, 3.63) is 34.1 Å². The Balaban J connectivity index is 2.43. The van der Waals surface area contributed by atoms with Crippen LogP contribution >= 0.6 is 15.9 Å². The van der Waals surface area contributed by atoms with Gasteiger partial charge in [0.25, 0.3) is 5.91 Å². The molecule has 6 nitrogen and oxygen atoms in total. The predicted octanol–water partition coefficient (Wildman–Crippen LogP) is 1.44. The molecule has 20 heavy (non-hydrogen) atoms. The van der Waals surface area contributed by atoms with Gasteiger partial charge < -0.3 is 10.4 Å². The van der Waals surface area contributed by atoms with Gasteiger partial charge in [-0.15, -0.1) is 0 Å². The molecule has 1 atom stereocenters. The molecule has 1 saturated heterocycles. The lowest BCUT2D eigenvalue weighted by atomic mass is 9.92. The van der Waals surface area contributed by atoms with E-state index in [2.05, 4.69) is 21.2 Å². The van der Waals surface area contributed by atoms with E-state index in [0.29, 0.717) is 14.9 Å². The van der Waals surface area contributed by atoms with Gasteiger partial charge in [0.15, 0.2) is 0 Å². The lowest BCUT2D eigenvalue weighted by Gasteiger charge is -2.23. The number of carboxylic acid groups (broad SMARTS) is 1. The second kappa shape index (κ2) is 4.86. The predicted molar refractivity (Wildman–Crippen MR) is 69.3 cm³/mol. The first-order valence-electron chi connectivity index (χ1n) is 5.57. The highest BCUT2D eigenvalue weighted by atomic mass is 79.9. The summed E-state index contributed by atoms with van der Waals surface area (Å²) in [5.41, 5.74) is -1.08. The molecule has 1 unspecified atom stereocenters. The number of imide groups is 1. The van der Waals surface area contributed by atoms with Crippen molar-refractivity contribution in [3.8, 4) is 0 Å². The van der Waals surface area contributed by atoms with E-state index in [1.54, 1.807) is 0 Å². The van der Waals surface area contributed by atoms with E-state index in [4.69, 9.17) is 5.11 Å². The van der Waals surface area contributed by atoms with Gasteiger partial charge >= 0.3 is 12.0 Å². The third-order valence-corrected chi connectivity index (χ3v) is 3.69. The van der Waals surface area contributed by atoms with Gasteiger partial charge in [0.1, 0.15) is 17.9 Å². The number of hydrogen-bond acceptors (Lipinski definition) is 3. The van der Waals surface area contributed by atoms with Crippen LogP contribution in [0, 0.1) is 5.82 Å². The maximum Gasteiger partial charge on any atom is 0.325 e. The first-order valence-corrected chi connectivity index (χ1v) is 6.36. The first kappa shape index (κ1) is 14.4.